The van der Waals surface area contributed by atoms with E-state index < -0.39 is 0 Å². The van der Waals surface area contributed by atoms with Crippen LogP contribution < -0.4 is 11.1 Å². The van der Waals surface area contributed by atoms with Crippen LogP contribution in [0.25, 0.3) is 10.9 Å². The van der Waals surface area contributed by atoms with E-state index in [-0.39, 0.29) is 0 Å². The third-order valence-electron chi connectivity index (χ3n) is 2.87. The SMILES string of the molecule is Nc1c(Nc2ccccc2)ccc2cccnc12. The first-order valence-electron chi connectivity index (χ1n) is 5.80. The Morgan fingerprint density at radius 1 is 0.889 bits per heavy atom. The standard InChI is InChI=1S/C15H13N3/c16-14-13(18-12-6-2-1-3-7-12)9-8-11-5-4-10-17-15(11)14/h1-10,18H,16H2. The fourth-order valence-corrected chi connectivity index (χ4v) is 1.95. The lowest BCUT2D eigenvalue weighted by Gasteiger charge is -2.10. The van der Waals surface area contributed by atoms with Gasteiger partial charge in [-0.2, -0.15) is 0 Å². The van der Waals surface area contributed by atoms with Gasteiger partial charge in [0.2, 0.25) is 0 Å². The number of nitrogens with two attached hydrogens (primary N) is 1. The lowest BCUT2D eigenvalue weighted by molar-refractivity contribution is 1.41. The minimum Gasteiger partial charge on any atom is -0.395 e. The number of fused-ring (bicyclic) bond motifs is 1. The quantitative estimate of drug-likeness (QED) is 0.668. The number of hydrogen-bond acceptors (Lipinski definition) is 3. The third-order valence-corrected chi connectivity index (χ3v) is 2.87. The molecule has 0 aliphatic rings. The number of nitrogen functional groups attached to an aromatic ring is 1. The van der Waals surface area contributed by atoms with Crippen molar-refractivity contribution in [2.45, 2.75) is 0 Å². The molecule has 0 fully saturated rings. The number of aromatic nitrogens is 1. The number of pyridine rings is 1. The fourth-order valence-electron chi connectivity index (χ4n) is 1.95. The zero-order chi connectivity index (χ0) is 12.4. The number of rotatable bonds is 2. The van der Waals surface area contributed by atoms with Crippen LogP contribution in [0.4, 0.5) is 17.1 Å². The Morgan fingerprint density at radius 2 is 1.72 bits per heavy atom. The normalized spacial score (nSPS) is 10.4. The summed E-state index contributed by atoms with van der Waals surface area (Å²) in [7, 11) is 0. The molecular formula is C15H13N3. The largest absolute Gasteiger partial charge is 0.395 e. The zero-order valence-corrected chi connectivity index (χ0v) is 9.80. The van der Waals surface area contributed by atoms with E-state index in [9.17, 15) is 0 Å². The predicted octanol–water partition coefficient (Wildman–Crippen LogP) is 3.56. The summed E-state index contributed by atoms with van der Waals surface area (Å²) < 4.78 is 0. The van der Waals surface area contributed by atoms with E-state index in [1.807, 2.05) is 54.6 Å². The van der Waals surface area contributed by atoms with Gasteiger partial charge in [0.15, 0.2) is 0 Å². The lowest BCUT2D eigenvalue weighted by Crippen LogP contribution is -1.97. The molecule has 0 saturated carbocycles. The zero-order valence-electron chi connectivity index (χ0n) is 9.80. The number of hydrogen-bond donors (Lipinski definition) is 2. The number of nitrogens with one attached hydrogen (secondary N) is 1. The molecule has 18 heavy (non-hydrogen) atoms. The van der Waals surface area contributed by atoms with Gasteiger partial charge in [0, 0.05) is 17.3 Å². The Bertz CT molecular complexity index is 678. The molecule has 1 heterocycles. The highest BCUT2D eigenvalue weighted by Gasteiger charge is 2.05. The topological polar surface area (TPSA) is 50.9 Å². The molecule has 88 valence electrons. The van der Waals surface area contributed by atoms with Crippen LogP contribution in [0, 0.1) is 0 Å². The molecule has 3 heteroatoms. The van der Waals surface area contributed by atoms with Gasteiger partial charge in [-0.05, 0) is 24.3 Å². The summed E-state index contributed by atoms with van der Waals surface area (Å²) >= 11 is 0. The molecule has 3 nitrogen and oxygen atoms in total. The Hall–Kier alpha value is -2.55. The first-order chi connectivity index (χ1) is 8.84. The van der Waals surface area contributed by atoms with Crippen molar-refractivity contribution in [2.75, 3.05) is 11.1 Å². The molecular weight excluding hydrogens is 222 g/mol. The molecule has 3 aromatic rings. The van der Waals surface area contributed by atoms with Crippen LogP contribution in [-0.4, -0.2) is 4.98 Å². The molecule has 2 aromatic carbocycles. The molecule has 0 atom stereocenters. The maximum atomic E-state index is 6.14. The molecule has 0 spiro atoms. The summed E-state index contributed by atoms with van der Waals surface area (Å²) in [5.41, 5.74) is 9.55. The molecule has 0 unspecified atom stereocenters. The Kier molecular flexibility index (Phi) is 2.57. The minimum atomic E-state index is 0.678. The summed E-state index contributed by atoms with van der Waals surface area (Å²) in [6, 6.07) is 17.9. The number of benzene rings is 2. The number of para-hydroxylation sites is 1. The summed E-state index contributed by atoms with van der Waals surface area (Å²) in [6.45, 7) is 0. The van der Waals surface area contributed by atoms with E-state index in [2.05, 4.69) is 10.3 Å². The molecule has 1 aromatic heterocycles. The number of anilines is 3. The van der Waals surface area contributed by atoms with E-state index in [0.717, 1.165) is 22.3 Å². The Balaban J connectivity index is 2.05. The van der Waals surface area contributed by atoms with Gasteiger partial charge in [0.25, 0.3) is 0 Å². The van der Waals surface area contributed by atoms with Gasteiger partial charge in [-0.15, -0.1) is 0 Å². The summed E-state index contributed by atoms with van der Waals surface area (Å²) in [4.78, 5) is 4.32. The van der Waals surface area contributed by atoms with E-state index in [0.29, 0.717) is 5.69 Å². The smallest absolute Gasteiger partial charge is 0.0952 e. The van der Waals surface area contributed by atoms with Crippen molar-refractivity contribution in [2.24, 2.45) is 0 Å². The van der Waals surface area contributed by atoms with Gasteiger partial charge in [0.1, 0.15) is 0 Å². The number of nitrogens with zero attached hydrogens (tertiary/aromatic N) is 1. The van der Waals surface area contributed by atoms with E-state index in [1.54, 1.807) is 6.20 Å². The Labute approximate surface area is 105 Å². The van der Waals surface area contributed by atoms with Gasteiger partial charge in [-0.1, -0.05) is 30.3 Å². The van der Waals surface area contributed by atoms with Crippen LogP contribution >= 0.6 is 0 Å². The van der Waals surface area contributed by atoms with Crippen molar-refractivity contribution in [3.63, 3.8) is 0 Å². The molecule has 0 radical (unpaired) electrons. The first kappa shape index (κ1) is 10.6. The van der Waals surface area contributed by atoms with Crippen LogP contribution in [0.1, 0.15) is 0 Å². The van der Waals surface area contributed by atoms with Crippen LogP contribution in [-0.2, 0) is 0 Å². The van der Waals surface area contributed by atoms with E-state index >= 15 is 0 Å². The molecule has 0 aliphatic heterocycles. The molecule has 3 rings (SSSR count). The average Bonchev–Trinajstić information content (AvgIpc) is 2.43. The van der Waals surface area contributed by atoms with E-state index in [1.165, 1.54) is 0 Å². The van der Waals surface area contributed by atoms with Crippen molar-refractivity contribution in [1.29, 1.82) is 0 Å². The summed E-state index contributed by atoms with van der Waals surface area (Å²) in [6.07, 6.45) is 1.75. The monoisotopic (exact) mass is 235 g/mol. The van der Waals surface area contributed by atoms with Crippen molar-refractivity contribution < 1.29 is 0 Å². The highest BCUT2D eigenvalue weighted by atomic mass is 14.9. The lowest BCUT2D eigenvalue weighted by atomic mass is 10.1. The molecule has 0 aliphatic carbocycles. The van der Waals surface area contributed by atoms with Gasteiger partial charge >= 0.3 is 0 Å². The molecule has 3 N–H and O–H groups in total. The maximum absolute atomic E-state index is 6.14. The van der Waals surface area contributed by atoms with Crippen LogP contribution in [0.5, 0.6) is 0 Å². The van der Waals surface area contributed by atoms with Crippen LogP contribution in [0.3, 0.4) is 0 Å². The molecule has 0 saturated heterocycles. The average molecular weight is 235 g/mol. The van der Waals surface area contributed by atoms with Gasteiger partial charge in [0.05, 0.1) is 16.9 Å². The van der Waals surface area contributed by atoms with Crippen LogP contribution in [0.15, 0.2) is 60.8 Å². The van der Waals surface area contributed by atoms with Crippen molar-refractivity contribution >= 4 is 28.0 Å². The highest BCUT2D eigenvalue weighted by Crippen LogP contribution is 2.29. The maximum Gasteiger partial charge on any atom is 0.0952 e. The minimum absolute atomic E-state index is 0.678. The highest BCUT2D eigenvalue weighted by molar-refractivity contribution is 5.96. The second-order valence-corrected chi connectivity index (χ2v) is 4.09. The summed E-state index contributed by atoms with van der Waals surface area (Å²) in [5, 5.41) is 4.35. The molecule has 0 bridgehead atoms. The second kappa shape index (κ2) is 4.37. The van der Waals surface area contributed by atoms with E-state index in [4.69, 9.17) is 5.73 Å². The fraction of sp³-hybridized carbons (Fsp3) is 0. The van der Waals surface area contributed by atoms with Gasteiger partial charge in [-0.25, -0.2) is 0 Å². The van der Waals surface area contributed by atoms with Gasteiger partial charge in [-0.3, -0.25) is 4.98 Å². The van der Waals surface area contributed by atoms with Crippen LogP contribution in [0.2, 0.25) is 0 Å². The third kappa shape index (κ3) is 1.86. The molecule has 0 amide bonds. The van der Waals surface area contributed by atoms with Crippen molar-refractivity contribution in [3.05, 3.63) is 60.8 Å². The second-order valence-electron chi connectivity index (χ2n) is 4.09. The van der Waals surface area contributed by atoms with Gasteiger partial charge < -0.3 is 11.1 Å². The summed E-state index contributed by atoms with van der Waals surface area (Å²) in [5.74, 6) is 0. The predicted molar refractivity (Wildman–Crippen MR) is 75.9 cm³/mol. The Morgan fingerprint density at radius 3 is 2.56 bits per heavy atom. The van der Waals surface area contributed by atoms with Crippen molar-refractivity contribution in [1.82, 2.24) is 4.98 Å². The first-order valence-corrected chi connectivity index (χ1v) is 5.80. The van der Waals surface area contributed by atoms with Crippen molar-refractivity contribution in [3.8, 4) is 0 Å².